The molecule has 13 heteroatoms. The van der Waals surface area contributed by atoms with Gasteiger partial charge in [0.05, 0.1) is 41.0 Å². The van der Waals surface area contributed by atoms with Gasteiger partial charge in [0.15, 0.2) is 5.71 Å². The van der Waals surface area contributed by atoms with E-state index in [0.717, 1.165) is 88.0 Å². The second kappa shape index (κ2) is 23.7. The highest BCUT2D eigenvalue weighted by molar-refractivity contribution is 6.10. The minimum absolute atomic E-state index is 0.00477. The SMILES string of the molecule is CCN1/C(=C/C=C2\CCCC(/C=C/C3=[N+](CC)c4ccccc4C3(C)C)=C2Nc2ccc(OC(=O)CCC(=O)OCC3(C)Nc4cccc5c(N=Nc6ccc(N=Nc7ccccc7)c7ccccc67)ccc(c45)N3)cc2)C(C)(C)c2ccccc21. The average Bonchev–Trinajstić information content (AvgIpc) is 3.91. The van der Waals surface area contributed by atoms with Crippen molar-refractivity contribution in [2.24, 2.45) is 20.5 Å². The number of para-hydroxylation sites is 2. The molecule has 12 rings (SSSR count). The summed E-state index contributed by atoms with van der Waals surface area (Å²) in [6.07, 6.45) is 11.9. The molecule has 13 nitrogen and oxygen atoms in total. The van der Waals surface area contributed by atoms with Crippen LogP contribution in [0.15, 0.2) is 237 Å². The fourth-order valence-electron chi connectivity index (χ4n) is 12.7. The minimum atomic E-state index is -0.849. The third-order valence-corrected chi connectivity index (χ3v) is 17.1. The number of carbonyl (C=O) groups is 2. The Kier molecular flexibility index (Phi) is 15.6. The van der Waals surface area contributed by atoms with E-state index in [2.05, 4.69) is 150 Å². The summed E-state index contributed by atoms with van der Waals surface area (Å²) in [4.78, 5) is 29.0. The van der Waals surface area contributed by atoms with E-state index in [4.69, 9.17) is 19.7 Å². The molecule has 4 aliphatic rings. The maximum atomic E-state index is 13.3. The number of likely N-dealkylation sites (N-methyl/N-ethyl adjacent to an activating group) is 1. The molecule has 1 unspecified atom stereocenters. The lowest BCUT2D eigenvalue weighted by Gasteiger charge is -2.38. The van der Waals surface area contributed by atoms with Crippen LogP contribution in [0.25, 0.3) is 21.5 Å². The predicted molar refractivity (Wildman–Crippen MR) is 348 cm³/mol. The maximum absolute atomic E-state index is 13.3. The number of hydrogen-bond donors (Lipinski definition) is 3. The van der Waals surface area contributed by atoms with E-state index in [1.807, 2.05) is 116 Å². The highest BCUT2D eigenvalue weighted by Gasteiger charge is 2.44. The molecule has 3 aliphatic heterocycles. The Morgan fingerprint density at radius 1 is 0.616 bits per heavy atom. The number of fused-ring (bicyclic) bond motifs is 3. The van der Waals surface area contributed by atoms with Gasteiger partial charge in [0.1, 0.15) is 24.6 Å². The van der Waals surface area contributed by atoms with E-state index in [1.54, 1.807) is 12.1 Å². The summed E-state index contributed by atoms with van der Waals surface area (Å²) in [6, 6.07) is 56.3. The van der Waals surface area contributed by atoms with Gasteiger partial charge in [-0.1, -0.05) is 117 Å². The van der Waals surface area contributed by atoms with Gasteiger partial charge in [-0.2, -0.15) is 9.69 Å². The number of ether oxygens (including phenoxy) is 2. The molecule has 0 saturated heterocycles. The van der Waals surface area contributed by atoms with Crippen molar-refractivity contribution in [1.82, 2.24) is 0 Å². The Bertz CT molecular complexity index is 4180. The molecule has 0 bridgehead atoms. The van der Waals surface area contributed by atoms with Gasteiger partial charge < -0.3 is 30.3 Å². The first kappa shape index (κ1) is 56.7. The van der Waals surface area contributed by atoms with Crippen molar-refractivity contribution >= 4 is 90.4 Å². The van der Waals surface area contributed by atoms with Gasteiger partial charge >= 0.3 is 11.9 Å². The molecule has 0 fully saturated rings. The molecular formula is C73H72N9O4+. The molecule has 3 N–H and O–H groups in total. The lowest BCUT2D eigenvalue weighted by molar-refractivity contribution is -0.433. The summed E-state index contributed by atoms with van der Waals surface area (Å²) in [7, 11) is 0. The van der Waals surface area contributed by atoms with Gasteiger partial charge in [0, 0.05) is 85.4 Å². The second-order valence-electron chi connectivity index (χ2n) is 23.6. The molecule has 1 aliphatic carbocycles. The van der Waals surface area contributed by atoms with Gasteiger partial charge in [-0.3, -0.25) is 9.59 Å². The molecule has 0 aromatic heterocycles. The van der Waals surface area contributed by atoms with Gasteiger partial charge in [0.25, 0.3) is 0 Å². The van der Waals surface area contributed by atoms with E-state index >= 15 is 0 Å². The van der Waals surface area contributed by atoms with Gasteiger partial charge in [-0.15, -0.1) is 15.3 Å². The lowest BCUT2D eigenvalue weighted by Crippen LogP contribution is -2.49. The maximum Gasteiger partial charge on any atom is 0.311 e. The molecule has 8 aromatic carbocycles. The van der Waals surface area contributed by atoms with Crippen molar-refractivity contribution in [2.75, 3.05) is 40.5 Å². The third kappa shape index (κ3) is 11.2. The van der Waals surface area contributed by atoms with E-state index in [0.29, 0.717) is 17.1 Å². The summed E-state index contributed by atoms with van der Waals surface area (Å²) in [6.45, 7) is 17.4. The van der Waals surface area contributed by atoms with Crippen molar-refractivity contribution < 1.29 is 23.6 Å². The smallest absolute Gasteiger partial charge is 0.311 e. The lowest BCUT2D eigenvalue weighted by atomic mass is 9.81. The summed E-state index contributed by atoms with van der Waals surface area (Å²) in [5.41, 5.74) is 15.7. The topological polar surface area (TPSA) is 144 Å². The minimum Gasteiger partial charge on any atom is -0.461 e. The number of azo groups is 2. The van der Waals surface area contributed by atoms with Crippen LogP contribution in [0.3, 0.4) is 0 Å². The Labute approximate surface area is 503 Å². The summed E-state index contributed by atoms with van der Waals surface area (Å²) in [5.74, 6) is -0.651. The molecule has 0 spiro atoms. The normalized spacial score (nSPS) is 18.6. The zero-order valence-corrected chi connectivity index (χ0v) is 49.9. The summed E-state index contributed by atoms with van der Waals surface area (Å²) >= 11 is 0. The first-order chi connectivity index (χ1) is 41.7. The number of hydrogen-bond acceptors (Lipinski definition) is 12. The van der Waals surface area contributed by atoms with Crippen LogP contribution < -0.4 is 25.6 Å². The van der Waals surface area contributed by atoms with Crippen molar-refractivity contribution in [3.8, 4) is 5.75 Å². The van der Waals surface area contributed by atoms with E-state index in [9.17, 15) is 9.59 Å². The Morgan fingerprint density at radius 2 is 1.24 bits per heavy atom. The number of benzene rings is 8. The zero-order chi connectivity index (χ0) is 59.6. The van der Waals surface area contributed by atoms with Crippen LogP contribution in [0.5, 0.6) is 5.75 Å². The van der Waals surface area contributed by atoms with Gasteiger partial charge in [-0.25, -0.2) is 0 Å². The number of allylic oxidation sites excluding steroid dienone is 7. The summed E-state index contributed by atoms with van der Waals surface area (Å²) in [5, 5.41) is 33.1. The van der Waals surface area contributed by atoms with Gasteiger partial charge in [-0.05, 0) is 149 Å². The second-order valence-corrected chi connectivity index (χ2v) is 23.6. The predicted octanol–water partition coefficient (Wildman–Crippen LogP) is 18.4. The number of esters is 2. The molecular weight excluding hydrogens is 1070 g/mol. The number of anilines is 4. The van der Waals surface area contributed by atoms with Crippen molar-refractivity contribution in [2.45, 2.75) is 97.1 Å². The molecule has 0 saturated carbocycles. The average molecular weight is 1140 g/mol. The van der Waals surface area contributed by atoms with Crippen molar-refractivity contribution in [3.05, 3.63) is 228 Å². The fourth-order valence-corrected chi connectivity index (χ4v) is 12.7. The number of nitrogens with one attached hydrogen (secondary N) is 3. The number of rotatable bonds is 17. The molecule has 432 valence electrons. The van der Waals surface area contributed by atoms with Gasteiger partial charge in [0.2, 0.25) is 5.69 Å². The van der Waals surface area contributed by atoms with E-state index in [-0.39, 0.29) is 30.3 Å². The Morgan fingerprint density at radius 3 is 1.98 bits per heavy atom. The summed E-state index contributed by atoms with van der Waals surface area (Å²) < 4.78 is 14.0. The van der Waals surface area contributed by atoms with Crippen LogP contribution in [0, 0.1) is 0 Å². The van der Waals surface area contributed by atoms with Crippen LogP contribution in [-0.2, 0) is 25.2 Å². The fraction of sp³-hybridized carbons (Fsp3) is 0.247. The molecule has 3 heterocycles. The third-order valence-electron chi connectivity index (χ3n) is 17.1. The quantitative estimate of drug-likeness (QED) is 0.0354. The van der Waals surface area contributed by atoms with Crippen LogP contribution >= 0.6 is 0 Å². The van der Waals surface area contributed by atoms with Crippen LogP contribution in [0.2, 0.25) is 0 Å². The molecule has 8 aromatic rings. The zero-order valence-electron chi connectivity index (χ0n) is 49.9. The van der Waals surface area contributed by atoms with Crippen LogP contribution in [0.1, 0.15) is 91.7 Å². The van der Waals surface area contributed by atoms with Crippen molar-refractivity contribution in [1.29, 1.82) is 0 Å². The number of carbonyl (C=O) groups excluding carboxylic acids is 2. The molecule has 0 amide bonds. The first-order valence-electron chi connectivity index (χ1n) is 29.9. The molecule has 0 radical (unpaired) electrons. The van der Waals surface area contributed by atoms with Crippen LogP contribution in [-0.4, -0.2) is 47.6 Å². The Hall–Kier alpha value is -9.75. The standard InChI is InChI=1S/C73H71N9O4/c1-8-81-63-31-17-15-28-56(63)71(3,4)65(81)43-33-48-21-19-22-49(34-44-66-72(5,6)57-29-16-18-32-64(57)82(66)9-2)70(48)74-50-35-37-52(38-36-50)86-68(84)46-45-67(83)85-47-73(7)75-61-30-20-27-55-60(41-42-62(76-73)69(55)61)80-79-59-40-39-58(53-25-13-14-26-54(53)59)78-77-51-23-11-10-12-24-51/h10-18,20,23-44H,8-9,19,21-22,45-47H2,1-7H3,(H2,75,76,77,79)/p+1/b48-33+,65-43+. The Balaban J connectivity index is 0.694. The van der Waals surface area contributed by atoms with E-state index < -0.39 is 17.6 Å². The highest BCUT2D eigenvalue weighted by Crippen LogP contribution is 2.49. The monoisotopic (exact) mass is 1140 g/mol. The first-order valence-corrected chi connectivity index (χ1v) is 29.9. The van der Waals surface area contributed by atoms with Crippen molar-refractivity contribution in [3.63, 3.8) is 0 Å². The molecule has 1 atom stereocenters. The van der Waals surface area contributed by atoms with Crippen LogP contribution in [0.4, 0.5) is 51.2 Å². The number of nitrogens with zero attached hydrogens (tertiary/aromatic N) is 6. The highest BCUT2D eigenvalue weighted by atomic mass is 16.5. The molecule has 86 heavy (non-hydrogen) atoms. The van der Waals surface area contributed by atoms with E-state index in [1.165, 1.54) is 45.1 Å². The largest absolute Gasteiger partial charge is 0.461 e.